The predicted molar refractivity (Wildman–Crippen MR) is 101 cm³/mol. The molecule has 1 rings (SSSR count). The van der Waals surface area contributed by atoms with Crippen LogP contribution in [0.15, 0.2) is 18.2 Å². The fourth-order valence-corrected chi connectivity index (χ4v) is 2.34. The van der Waals surface area contributed by atoms with E-state index >= 15 is 0 Å². The first-order valence-corrected chi connectivity index (χ1v) is 8.74. The van der Waals surface area contributed by atoms with E-state index in [9.17, 15) is 9.59 Å². The van der Waals surface area contributed by atoms with Crippen molar-refractivity contribution in [1.82, 2.24) is 5.32 Å². The van der Waals surface area contributed by atoms with E-state index in [2.05, 4.69) is 31.4 Å². The van der Waals surface area contributed by atoms with Crippen LogP contribution >= 0.6 is 0 Å². The molecular weight excluding hydrogens is 302 g/mol. The van der Waals surface area contributed by atoms with Gasteiger partial charge >= 0.3 is 0 Å². The van der Waals surface area contributed by atoms with E-state index in [1.54, 1.807) is 6.07 Å². The highest BCUT2D eigenvalue weighted by atomic mass is 16.2. The van der Waals surface area contributed by atoms with E-state index in [0.717, 1.165) is 24.9 Å². The Morgan fingerprint density at radius 3 is 2.46 bits per heavy atom. The number of hydrogen-bond acceptors (Lipinski definition) is 3. The first kappa shape index (κ1) is 20.0. The summed E-state index contributed by atoms with van der Waals surface area (Å²) in [5.41, 5.74) is 2.07. The molecule has 5 heteroatoms. The first-order chi connectivity index (χ1) is 11.3. The minimum Gasteiger partial charge on any atom is -0.377 e. The molecule has 0 saturated carbocycles. The number of benzene rings is 1. The van der Waals surface area contributed by atoms with E-state index in [4.69, 9.17) is 0 Å². The summed E-state index contributed by atoms with van der Waals surface area (Å²) >= 11 is 0. The number of carbonyl (C=O) groups is 2. The maximum absolute atomic E-state index is 12.5. The van der Waals surface area contributed by atoms with Crippen LogP contribution in [0.1, 0.15) is 56.8 Å². The van der Waals surface area contributed by atoms with Crippen LogP contribution in [0.25, 0.3) is 0 Å². The summed E-state index contributed by atoms with van der Waals surface area (Å²) in [6, 6.07) is 5.46. The average molecular weight is 333 g/mol. The molecule has 0 spiro atoms. The number of nitrogens with zero attached hydrogens (tertiary/aromatic N) is 1. The number of amides is 2. The smallest absolute Gasteiger partial charge is 0.253 e. The van der Waals surface area contributed by atoms with Crippen molar-refractivity contribution in [3.8, 4) is 0 Å². The summed E-state index contributed by atoms with van der Waals surface area (Å²) in [6.45, 7) is 6.85. The van der Waals surface area contributed by atoms with Gasteiger partial charge in [0, 0.05) is 38.4 Å². The summed E-state index contributed by atoms with van der Waals surface area (Å²) in [5, 5.41) is 5.83. The minimum atomic E-state index is -0.116. The third-order valence-electron chi connectivity index (χ3n) is 3.69. The SMILES string of the molecule is CCCCCC(=O)Nc1ccc(N(C)C)c(C(=O)NCC(C)C)c1. The van der Waals surface area contributed by atoms with Crippen molar-refractivity contribution < 1.29 is 9.59 Å². The number of unbranched alkanes of at least 4 members (excludes halogenated alkanes) is 2. The molecule has 1 aromatic rings. The Morgan fingerprint density at radius 2 is 1.88 bits per heavy atom. The van der Waals surface area contributed by atoms with Gasteiger partial charge in [-0.05, 0) is 30.5 Å². The second kappa shape index (κ2) is 9.96. The van der Waals surface area contributed by atoms with E-state index in [1.165, 1.54) is 0 Å². The summed E-state index contributed by atoms with van der Waals surface area (Å²) in [4.78, 5) is 26.4. The number of hydrogen-bond donors (Lipinski definition) is 2. The zero-order valence-corrected chi connectivity index (χ0v) is 15.6. The molecule has 0 aromatic heterocycles. The van der Waals surface area contributed by atoms with Crippen molar-refractivity contribution in [2.45, 2.75) is 46.5 Å². The van der Waals surface area contributed by atoms with E-state index in [-0.39, 0.29) is 11.8 Å². The van der Waals surface area contributed by atoms with Gasteiger partial charge in [-0.3, -0.25) is 9.59 Å². The standard InChI is InChI=1S/C19H31N3O2/c1-6-7-8-9-18(23)21-15-10-11-17(22(4)5)16(12-15)19(24)20-13-14(2)3/h10-12,14H,6-9,13H2,1-5H3,(H,20,24)(H,21,23). The molecule has 5 nitrogen and oxygen atoms in total. The van der Waals surface area contributed by atoms with Gasteiger partial charge < -0.3 is 15.5 Å². The quantitative estimate of drug-likeness (QED) is 0.678. The van der Waals surface area contributed by atoms with Crippen molar-refractivity contribution in [3.05, 3.63) is 23.8 Å². The fourth-order valence-electron chi connectivity index (χ4n) is 2.34. The molecule has 0 radical (unpaired) electrons. The lowest BCUT2D eigenvalue weighted by Crippen LogP contribution is -2.29. The second-order valence-electron chi connectivity index (χ2n) is 6.74. The molecule has 2 amide bonds. The first-order valence-electron chi connectivity index (χ1n) is 8.74. The summed E-state index contributed by atoms with van der Waals surface area (Å²) in [6.07, 6.45) is 3.54. The van der Waals surface area contributed by atoms with Crippen molar-refractivity contribution in [2.24, 2.45) is 5.92 Å². The number of carbonyl (C=O) groups excluding carboxylic acids is 2. The van der Waals surface area contributed by atoms with Gasteiger partial charge in [0.15, 0.2) is 0 Å². The number of anilines is 2. The highest BCUT2D eigenvalue weighted by Crippen LogP contribution is 2.23. The molecule has 0 aliphatic carbocycles. The van der Waals surface area contributed by atoms with Gasteiger partial charge in [-0.25, -0.2) is 0 Å². The average Bonchev–Trinajstić information content (AvgIpc) is 2.52. The Balaban J connectivity index is 2.87. The molecule has 1 aromatic carbocycles. The summed E-state index contributed by atoms with van der Waals surface area (Å²) in [7, 11) is 3.80. The highest BCUT2D eigenvalue weighted by Gasteiger charge is 2.15. The lowest BCUT2D eigenvalue weighted by molar-refractivity contribution is -0.116. The largest absolute Gasteiger partial charge is 0.377 e. The van der Waals surface area contributed by atoms with E-state index in [0.29, 0.717) is 30.1 Å². The van der Waals surface area contributed by atoms with Gasteiger partial charge in [0.2, 0.25) is 5.91 Å². The van der Waals surface area contributed by atoms with Crippen LogP contribution in [-0.2, 0) is 4.79 Å². The molecule has 0 heterocycles. The molecule has 24 heavy (non-hydrogen) atoms. The Hall–Kier alpha value is -2.04. The van der Waals surface area contributed by atoms with Crippen LogP contribution in [-0.4, -0.2) is 32.5 Å². The molecule has 0 unspecified atom stereocenters. The molecule has 0 fully saturated rings. The van der Waals surface area contributed by atoms with Crippen molar-refractivity contribution in [2.75, 3.05) is 30.9 Å². The molecule has 0 atom stereocenters. The van der Waals surface area contributed by atoms with Crippen molar-refractivity contribution in [1.29, 1.82) is 0 Å². The van der Waals surface area contributed by atoms with Gasteiger partial charge in [-0.2, -0.15) is 0 Å². The molecule has 0 bridgehead atoms. The third-order valence-corrected chi connectivity index (χ3v) is 3.69. The maximum atomic E-state index is 12.5. The Bertz CT molecular complexity index is 554. The van der Waals surface area contributed by atoms with Crippen LogP contribution in [0.3, 0.4) is 0 Å². The monoisotopic (exact) mass is 333 g/mol. The van der Waals surface area contributed by atoms with Crippen LogP contribution in [0.4, 0.5) is 11.4 Å². The number of rotatable bonds is 9. The normalized spacial score (nSPS) is 10.6. The fraction of sp³-hybridized carbons (Fsp3) is 0.579. The van der Waals surface area contributed by atoms with Crippen LogP contribution in [0.5, 0.6) is 0 Å². The minimum absolute atomic E-state index is 0.00501. The van der Waals surface area contributed by atoms with E-state index < -0.39 is 0 Å². The Morgan fingerprint density at radius 1 is 1.17 bits per heavy atom. The zero-order valence-electron chi connectivity index (χ0n) is 15.6. The predicted octanol–water partition coefficient (Wildman–Crippen LogP) is 3.66. The summed E-state index contributed by atoms with van der Waals surface area (Å²) < 4.78 is 0. The van der Waals surface area contributed by atoms with Crippen molar-refractivity contribution >= 4 is 23.2 Å². The van der Waals surface area contributed by atoms with Gasteiger partial charge in [0.25, 0.3) is 5.91 Å². The van der Waals surface area contributed by atoms with Gasteiger partial charge in [-0.1, -0.05) is 33.6 Å². The highest BCUT2D eigenvalue weighted by molar-refractivity contribution is 6.02. The Labute approximate surface area is 145 Å². The van der Waals surface area contributed by atoms with Crippen LogP contribution in [0, 0.1) is 5.92 Å². The molecule has 134 valence electrons. The molecule has 2 N–H and O–H groups in total. The van der Waals surface area contributed by atoms with Crippen LogP contribution in [0.2, 0.25) is 0 Å². The zero-order chi connectivity index (χ0) is 18.1. The molecular formula is C19H31N3O2. The van der Waals surface area contributed by atoms with Gasteiger partial charge in [0.05, 0.1) is 5.56 Å². The number of nitrogens with one attached hydrogen (secondary N) is 2. The lowest BCUT2D eigenvalue weighted by Gasteiger charge is -2.19. The Kier molecular flexibility index (Phi) is 8.30. The van der Waals surface area contributed by atoms with Crippen LogP contribution < -0.4 is 15.5 Å². The maximum Gasteiger partial charge on any atom is 0.253 e. The van der Waals surface area contributed by atoms with Crippen molar-refractivity contribution in [3.63, 3.8) is 0 Å². The molecule has 0 aliphatic rings. The topological polar surface area (TPSA) is 61.4 Å². The molecule has 0 saturated heterocycles. The second-order valence-corrected chi connectivity index (χ2v) is 6.74. The molecule has 0 aliphatic heterocycles. The lowest BCUT2D eigenvalue weighted by atomic mass is 10.1. The third kappa shape index (κ3) is 6.60. The van der Waals surface area contributed by atoms with E-state index in [1.807, 2.05) is 31.1 Å². The summed E-state index contributed by atoms with van der Waals surface area (Å²) in [5.74, 6) is 0.266. The van der Waals surface area contributed by atoms with Gasteiger partial charge in [0.1, 0.15) is 0 Å². The van der Waals surface area contributed by atoms with Gasteiger partial charge in [-0.15, -0.1) is 0 Å².